The van der Waals surface area contributed by atoms with E-state index in [1.165, 1.54) is 4.31 Å². The second-order valence-corrected chi connectivity index (χ2v) is 7.87. The predicted molar refractivity (Wildman–Crippen MR) is 79.6 cm³/mol. The van der Waals surface area contributed by atoms with Crippen LogP contribution in [0.1, 0.15) is 31.7 Å². The molecule has 1 aromatic rings. The first kappa shape index (κ1) is 17.3. The summed E-state index contributed by atoms with van der Waals surface area (Å²) in [4.78, 5) is 0. The third-order valence-corrected chi connectivity index (χ3v) is 6.44. The van der Waals surface area contributed by atoms with E-state index < -0.39 is 27.4 Å². The van der Waals surface area contributed by atoms with Crippen LogP contribution in [-0.4, -0.2) is 37.5 Å². The number of hydrogen-bond donors (Lipinski definition) is 1. The Morgan fingerprint density at radius 3 is 2.41 bits per heavy atom. The zero-order valence-electron chi connectivity index (χ0n) is 12.6. The van der Waals surface area contributed by atoms with Crippen molar-refractivity contribution in [1.82, 2.24) is 4.31 Å². The first-order chi connectivity index (χ1) is 10.3. The molecule has 22 heavy (non-hydrogen) atoms. The molecule has 1 saturated heterocycles. The first-order valence-corrected chi connectivity index (χ1v) is 8.95. The van der Waals surface area contributed by atoms with Gasteiger partial charge in [0, 0.05) is 31.3 Å². The normalized spacial score (nSPS) is 19.3. The lowest BCUT2D eigenvalue weighted by molar-refractivity contribution is 0.0647. The lowest BCUT2D eigenvalue weighted by Crippen LogP contribution is -2.44. The van der Waals surface area contributed by atoms with Crippen LogP contribution in [0.15, 0.2) is 18.2 Å². The molecule has 1 aliphatic rings. The van der Waals surface area contributed by atoms with Gasteiger partial charge in [0.15, 0.2) is 0 Å². The van der Waals surface area contributed by atoms with E-state index in [4.69, 9.17) is 0 Å². The molecule has 1 aliphatic heterocycles. The fraction of sp³-hybridized carbons (Fsp3) is 0.600. The molecule has 4 nitrogen and oxygen atoms in total. The number of piperidine rings is 1. The highest BCUT2D eigenvalue weighted by Crippen LogP contribution is 2.35. The van der Waals surface area contributed by atoms with Crippen molar-refractivity contribution in [3.8, 4) is 0 Å². The van der Waals surface area contributed by atoms with E-state index in [1.807, 2.05) is 6.92 Å². The SMILES string of the molecule is CCC1(CO)CCN(S(=O)(=O)Cc2ccc(F)cc2F)CC1. The molecule has 7 heteroatoms. The smallest absolute Gasteiger partial charge is 0.218 e. The number of halogens is 2. The number of sulfonamides is 1. The fourth-order valence-corrected chi connectivity index (χ4v) is 4.34. The Bertz CT molecular complexity index is 620. The maximum Gasteiger partial charge on any atom is 0.218 e. The Balaban J connectivity index is 2.09. The van der Waals surface area contributed by atoms with Crippen LogP contribution in [0.2, 0.25) is 0 Å². The summed E-state index contributed by atoms with van der Waals surface area (Å²) >= 11 is 0. The monoisotopic (exact) mass is 333 g/mol. The standard InChI is InChI=1S/C15H21F2NO3S/c1-2-15(11-19)5-7-18(8-6-15)22(20,21)10-12-3-4-13(16)9-14(12)17/h3-4,9,19H,2,5-8,10-11H2,1H3. The van der Waals surface area contributed by atoms with Gasteiger partial charge >= 0.3 is 0 Å². The van der Waals surface area contributed by atoms with E-state index in [9.17, 15) is 22.3 Å². The van der Waals surface area contributed by atoms with Crippen molar-refractivity contribution in [2.24, 2.45) is 5.41 Å². The maximum atomic E-state index is 13.6. The highest BCUT2D eigenvalue weighted by Gasteiger charge is 2.36. The summed E-state index contributed by atoms with van der Waals surface area (Å²) in [6.45, 7) is 2.66. The molecule has 0 spiro atoms. The van der Waals surface area contributed by atoms with Crippen LogP contribution in [0, 0.1) is 17.0 Å². The number of aliphatic hydroxyl groups excluding tert-OH is 1. The van der Waals surface area contributed by atoms with Gasteiger partial charge in [-0.05, 0) is 30.7 Å². The van der Waals surface area contributed by atoms with E-state index in [0.717, 1.165) is 18.6 Å². The zero-order valence-corrected chi connectivity index (χ0v) is 13.4. The molecule has 1 N–H and O–H groups in total. The van der Waals surface area contributed by atoms with Crippen LogP contribution in [-0.2, 0) is 15.8 Å². The Morgan fingerprint density at radius 2 is 1.91 bits per heavy atom. The van der Waals surface area contributed by atoms with E-state index in [1.54, 1.807) is 0 Å². The number of hydrogen-bond acceptors (Lipinski definition) is 3. The van der Waals surface area contributed by atoms with Crippen LogP contribution in [0.25, 0.3) is 0 Å². The van der Waals surface area contributed by atoms with Gasteiger partial charge in [-0.15, -0.1) is 0 Å². The van der Waals surface area contributed by atoms with Gasteiger partial charge in [-0.3, -0.25) is 0 Å². The van der Waals surface area contributed by atoms with Crippen molar-refractivity contribution in [2.75, 3.05) is 19.7 Å². The van der Waals surface area contributed by atoms with Gasteiger partial charge in [-0.25, -0.2) is 21.5 Å². The van der Waals surface area contributed by atoms with E-state index >= 15 is 0 Å². The highest BCUT2D eigenvalue weighted by molar-refractivity contribution is 7.88. The quantitative estimate of drug-likeness (QED) is 0.899. The lowest BCUT2D eigenvalue weighted by Gasteiger charge is -2.39. The van der Waals surface area contributed by atoms with Gasteiger partial charge in [0.1, 0.15) is 11.6 Å². The molecule has 0 radical (unpaired) electrons. The molecule has 0 aliphatic carbocycles. The molecule has 1 aromatic carbocycles. The molecule has 0 unspecified atom stereocenters. The van der Waals surface area contributed by atoms with Crippen molar-refractivity contribution in [1.29, 1.82) is 0 Å². The minimum Gasteiger partial charge on any atom is -0.396 e. The second kappa shape index (κ2) is 6.60. The third-order valence-electron chi connectivity index (χ3n) is 4.61. The van der Waals surface area contributed by atoms with Crippen LogP contribution >= 0.6 is 0 Å². The minimum absolute atomic E-state index is 0.0316. The van der Waals surface area contributed by atoms with E-state index in [-0.39, 0.29) is 17.6 Å². The minimum atomic E-state index is -3.65. The Morgan fingerprint density at radius 1 is 1.27 bits per heavy atom. The number of aliphatic hydroxyl groups is 1. The zero-order chi connectivity index (χ0) is 16.4. The Labute approximate surface area is 129 Å². The molecule has 2 rings (SSSR count). The second-order valence-electron chi connectivity index (χ2n) is 5.90. The lowest BCUT2D eigenvalue weighted by atomic mass is 9.77. The average Bonchev–Trinajstić information content (AvgIpc) is 2.50. The summed E-state index contributed by atoms with van der Waals surface area (Å²) in [7, 11) is -3.65. The van der Waals surface area contributed by atoms with E-state index in [2.05, 4.69) is 0 Å². The molecule has 124 valence electrons. The van der Waals surface area contributed by atoms with Gasteiger partial charge in [0.25, 0.3) is 0 Å². The van der Waals surface area contributed by atoms with Gasteiger partial charge in [0.05, 0.1) is 5.75 Å². The molecule has 0 atom stereocenters. The van der Waals surface area contributed by atoms with Crippen LogP contribution in [0.5, 0.6) is 0 Å². The van der Waals surface area contributed by atoms with Crippen molar-refractivity contribution >= 4 is 10.0 Å². The number of benzene rings is 1. The molecular weight excluding hydrogens is 312 g/mol. The van der Waals surface area contributed by atoms with Gasteiger partial charge in [-0.2, -0.15) is 0 Å². The molecule has 1 fully saturated rings. The molecular formula is C15H21F2NO3S. The summed E-state index contributed by atoms with van der Waals surface area (Å²) in [6, 6.07) is 2.91. The fourth-order valence-electron chi connectivity index (χ4n) is 2.79. The Kier molecular flexibility index (Phi) is 5.19. The summed E-state index contributed by atoms with van der Waals surface area (Å²) in [5.41, 5.74) is -0.247. The van der Waals surface area contributed by atoms with Crippen molar-refractivity contribution in [3.05, 3.63) is 35.4 Å². The predicted octanol–water partition coefficient (Wildman–Crippen LogP) is 2.28. The third kappa shape index (κ3) is 3.64. The topological polar surface area (TPSA) is 57.6 Å². The molecule has 0 aromatic heterocycles. The summed E-state index contributed by atoms with van der Waals surface area (Å²) in [5, 5.41) is 9.48. The van der Waals surface area contributed by atoms with E-state index in [0.29, 0.717) is 32.0 Å². The summed E-state index contributed by atoms with van der Waals surface area (Å²) < 4.78 is 52.6. The largest absolute Gasteiger partial charge is 0.396 e. The van der Waals surface area contributed by atoms with Crippen molar-refractivity contribution in [2.45, 2.75) is 31.9 Å². The summed E-state index contributed by atoms with van der Waals surface area (Å²) in [6.07, 6.45) is 1.97. The molecule has 0 amide bonds. The molecule has 0 bridgehead atoms. The van der Waals surface area contributed by atoms with Gasteiger partial charge in [0.2, 0.25) is 10.0 Å². The molecule has 0 saturated carbocycles. The van der Waals surface area contributed by atoms with Crippen molar-refractivity contribution < 1.29 is 22.3 Å². The molecule has 1 heterocycles. The summed E-state index contributed by atoms with van der Waals surface area (Å²) in [5.74, 6) is -2.05. The van der Waals surface area contributed by atoms with Crippen LogP contribution in [0.3, 0.4) is 0 Å². The van der Waals surface area contributed by atoms with Crippen LogP contribution < -0.4 is 0 Å². The van der Waals surface area contributed by atoms with Crippen LogP contribution in [0.4, 0.5) is 8.78 Å². The first-order valence-electron chi connectivity index (χ1n) is 7.34. The van der Waals surface area contributed by atoms with Crippen molar-refractivity contribution in [3.63, 3.8) is 0 Å². The number of nitrogens with zero attached hydrogens (tertiary/aromatic N) is 1. The maximum absolute atomic E-state index is 13.6. The van der Waals surface area contributed by atoms with Gasteiger partial charge < -0.3 is 5.11 Å². The average molecular weight is 333 g/mol. The number of rotatable bonds is 5. The highest BCUT2D eigenvalue weighted by atomic mass is 32.2. The Hall–Kier alpha value is -1.05. The van der Waals surface area contributed by atoms with Gasteiger partial charge in [-0.1, -0.05) is 13.0 Å².